The summed E-state index contributed by atoms with van der Waals surface area (Å²) in [4.78, 5) is 27.4. The van der Waals surface area contributed by atoms with Crippen LogP contribution in [0.25, 0.3) is 28.3 Å². The van der Waals surface area contributed by atoms with Crippen LogP contribution in [0.4, 0.5) is 4.79 Å². The molecule has 124 valence electrons. The van der Waals surface area contributed by atoms with Crippen LogP contribution in [-0.2, 0) is 4.79 Å². The number of rotatable bonds is 3. The van der Waals surface area contributed by atoms with Gasteiger partial charge in [-0.3, -0.25) is 19.9 Å². The Hall–Kier alpha value is -3.20. The van der Waals surface area contributed by atoms with Crippen molar-refractivity contribution in [1.82, 2.24) is 20.5 Å². The standard InChI is InChI=1S/C16H10N4O4S/c1-23-13-3-2-11(19-20-13)10-7-17-6-8-4-9(24-14(8)10)5-12-15(21)18-16(22)25-12/h2-7H,1H3,(H,18,21,22)/b12-5+. The van der Waals surface area contributed by atoms with Crippen molar-refractivity contribution in [2.75, 3.05) is 7.11 Å². The molecule has 0 aromatic carbocycles. The minimum atomic E-state index is -0.435. The number of carbonyl (C=O) groups excluding carboxylic acids is 2. The van der Waals surface area contributed by atoms with Gasteiger partial charge in [-0.25, -0.2) is 0 Å². The lowest BCUT2D eigenvalue weighted by Gasteiger charge is -2.01. The quantitative estimate of drug-likeness (QED) is 0.715. The Morgan fingerprint density at radius 2 is 2.12 bits per heavy atom. The molecule has 0 atom stereocenters. The van der Waals surface area contributed by atoms with E-state index in [0.29, 0.717) is 28.5 Å². The molecule has 2 amide bonds. The first-order valence-electron chi connectivity index (χ1n) is 7.14. The maximum atomic E-state index is 11.6. The number of fused-ring (bicyclic) bond motifs is 1. The molecule has 0 aliphatic carbocycles. The summed E-state index contributed by atoms with van der Waals surface area (Å²) in [6, 6.07) is 5.19. The monoisotopic (exact) mass is 354 g/mol. The Balaban J connectivity index is 1.77. The Labute approximate surface area is 145 Å². The molecule has 1 aliphatic heterocycles. The van der Waals surface area contributed by atoms with E-state index in [2.05, 4.69) is 20.5 Å². The molecule has 3 aromatic heterocycles. The number of nitrogens with one attached hydrogen (secondary N) is 1. The number of furan rings is 1. The summed E-state index contributed by atoms with van der Waals surface area (Å²) in [5.74, 6) is 0.413. The molecule has 0 saturated carbocycles. The number of imide groups is 1. The van der Waals surface area contributed by atoms with E-state index in [0.717, 1.165) is 17.1 Å². The van der Waals surface area contributed by atoms with E-state index in [1.165, 1.54) is 13.2 Å². The molecule has 0 radical (unpaired) electrons. The summed E-state index contributed by atoms with van der Waals surface area (Å²) < 4.78 is 10.8. The van der Waals surface area contributed by atoms with E-state index in [1.54, 1.807) is 30.6 Å². The number of methoxy groups -OCH3 is 1. The van der Waals surface area contributed by atoms with Gasteiger partial charge >= 0.3 is 0 Å². The third-order valence-electron chi connectivity index (χ3n) is 3.48. The van der Waals surface area contributed by atoms with Crippen LogP contribution in [-0.4, -0.2) is 33.4 Å². The van der Waals surface area contributed by atoms with Gasteiger partial charge in [0.15, 0.2) is 0 Å². The van der Waals surface area contributed by atoms with Crippen molar-refractivity contribution < 1.29 is 18.7 Å². The van der Waals surface area contributed by atoms with E-state index < -0.39 is 11.1 Å². The van der Waals surface area contributed by atoms with Crippen LogP contribution in [0.2, 0.25) is 0 Å². The van der Waals surface area contributed by atoms with Gasteiger partial charge in [0.25, 0.3) is 11.1 Å². The number of hydrogen-bond donors (Lipinski definition) is 1. The van der Waals surface area contributed by atoms with Gasteiger partial charge < -0.3 is 9.15 Å². The van der Waals surface area contributed by atoms with Crippen molar-refractivity contribution in [2.24, 2.45) is 0 Å². The van der Waals surface area contributed by atoms with Crippen molar-refractivity contribution >= 4 is 40.0 Å². The summed E-state index contributed by atoms with van der Waals surface area (Å²) in [7, 11) is 1.51. The first kappa shape index (κ1) is 15.3. The topological polar surface area (TPSA) is 107 Å². The van der Waals surface area contributed by atoms with Gasteiger partial charge in [0, 0.05) is 29.9 Å². The van der Waals surface area contributed by atoms with Crippen LogP contribution in [0.1, 0.15) is 5.76 Å². The first-order chi connectivity index (χ1) is 12.1. The highest BCUT2D eigenvalue weighted by Gasteiger charge is 2.25. The van der Waals surface area contributed by atoms with Crippen LogP contribution >= 0.6 is 11.8 Å². The molecule has 0 spiro atoms. The molecule has 9 heteroatoms. The van der Waals surface area contributed by atoms with Crippen molar-refractivity contribution in [3.63, 3.8) is 0 Å². The number of nitrogens with zero attached hydrogens (tertiary/aromatic N) is 3. The molecular weight excluding hydrogens is 344 g/mol. The lowest BCUT2D eigenvalue weighted by atomic mass is 10.1. The molecule has 1 saturated heterocycles. The third kappa shape index (κ3) is 2.85. The molecule has 8 nitrogen and oxygen atoms in total. The van der Waals surface area contributed by atoms with Crippen LogP contribution in [0.15, 0.2) is 39.9 Å². The maximum absolute atomic E-state index is 11.6. The average Bonchev–Trinajstić information content (AvgIpc) is 3.17. The number of amides is 2. The molecule has 3 aromatic rings. The zero-order valence-electron chi connectivity index (χ0n) is 12.8. The third-order valence-corrected chi connectivity index (χ3v) is 4.29. The minimum Gasteiger partial charge on any atom is -0.480 e. The summed E-state index contributed by atoms with van der Waals surface area (Å²) in [5.41, 5.74) is 1.81. The fraction of sp³-hybridized carbons (Fsp3) is 0.0625. The smallest absolute Gasteiger partial charge is 0.290 e. The molecule has 0 unspecified atom stereocenters. The maximum Gasteiger partial charge on any atom is 0.290 e. The Kier molecular flexibility index (Phi) is 3.69. The van der Waals surface area contributed by atoms with E-state index in [4.69, 9.17) is 9.15 Å². The minimum absolute atomic E-state index is 0.280. The lowest BCUT2D eigenvalue weighted by Crippen LogP contribution is -2.17. The van der Waals surface area contributed by atoms with Crippen LogP contribution in [0.3, 0.4) is 0 Å². The molecule has 25 heavy (non-hydrogen) atoms. The van der Waals surface area contributed by atoms with Gasteiger partial charge in [0.1, 0.15) is 11.3 Å². The van der Waals surface area contributed by atoms with Crippen LogP contribution in [0.5, 0.6) is 5.88 Å². The Morgan fingerprint density at radius 3 is 2.80 bits per heavy atom. The molecular formula is C16H10N4O4S. The molecule has 0 bridgehead atoms. The fourth-order valence-electron chi connectivity index (χ4n) is 2.36. The number of pyridine rings is 1. The number of aromatic nitrogens is 3. The number of ether oxygens (including phenoxy) is 1. The number of thioether (sulfide) groups is 1. The van der Waals surface area contributed by atoms with E-state index in [9.17, 15) is 9.59 Å². The normalized spacial score (nSPS) is 15.8. The first-order valence-corrected chi connectivity index (χ1v) is 7.96. The van der Waals surface area contributed by atoms with E-state index in [1.807, 2.05) is 0 Å². The zero-order chi connectivity index (χ0) is 17.4. The highest BCUT2D eigenvalue weighted by atomic mass is 32.2. The summed E-state index contributed by atoms with van der Waals surface area (Å²) in [6.07, 6.45) is 4.79. The van der Waals surface area contributed by atoms with Crippen LogP contribution < -0.4 is 10.1 Å². The van der Waals surface area contributed by atoms with Gasteiger partial charge in [-0.1, -0.05) is 0 Å². The van der Waals surface area contributed by atoms with Crippen molar-refractivity contribution in [3.05, 3.63) is 41.3 Å². The Morgan fingerprint density at radius 1 is 1.24 bits per heavy atom. The SMILES string of the molecule is COc1ccc(-c2cncc3cc(/C=C4/SC(=O)NC4=O)oc23)nn1. The molecule has 1 fully saturated rings. The largest absolute Gasteiger partial charge is 0.480 e. The second kappa shape index (κ2) is 6.02. The van der Waals surface area contributed by atoms with Crippen molar-refractivity contribution in [1.29, 1.82) is 0 Å². The predicted molar refractivity (Wildman–Crippen MR) is 90.7 cm³/mol. The van der Waals surface area contributed by atoms with Gasteiger partial charge in [0.05, 0.1) is 23.3 Å². The van der Waals surface area contributed by atoms with Crippen molar-refractivity contribution in [3.8, 4) is 17.1 Å². The molecule has 4 rings (SSSR count). The van der Waals surface area contributed by atoms with Crippen molar-refractivity contribution in [2.45, 2.75) is 0 Å². The predicted octanol–water partition coefficient (Wildman–Crippen LogP) is 2.62. The summed E-state index contributed by atoms with van der Waals surface area (Å²) >= 11 is 0.833. The molecule has 1 aliphatic rings. The Bertz CT molecular complexity index is 1030. The highest BCUT2D eigenvalue weighted by molar-refractivity contribution is 8.18. The van der Waals surface area contributed by atoms with Gasteiger partial charge in [0.2, 0.25) is 5.88 Å². The fourth-order valence-corrected chi connectivity index (χ4v) is 3.02. The van der Waals surface area contributed by atoms with E-state index in [-0.39, 0.29) is 4.91 Å². The second-order valence-corrected chi connectivity index (χ2v) is 6.08. The van der Waals surface area contributed by atoms with E-state index >= 15 is 0 Å². The zero-order valence-corrected chi connectivity index (χ0v) is 13.7. The lowest BCUT2D eigenvalue weighted by molar-refractivity contribution is -0.115. The van der Waals surface area contributed by atoms with Gasteiger partial charge in [-0.2, -0.15) is 0 Å². The number of carbonyl (C=O) groups is 2. The van der Waals surface area contributed by atoms with Crippen LogP contribution in [0, 0.1) is 0 Å². The van der Waals surface area contributed by atoms with Gasteiger partial charge in [-0.15, -0.1) is 10.2 Å². The number of hydrogen-bond acceptors (Lipinski definition) is 8. The highest BCUT2D eigenvalue weighted by Crippen LogP contribution is 2.32. The molecule has 4 heterocycles. The summed E-state index contributed by atoms with van der Waals surface area (Å²) in [5, 5.41) is 10.6. The van der Waals surface area contributed by atoms with Gasteiger partial charge in [-0.05, 0) is 23.9 Å². The molecule has 1 N–H and O–H groups in total. The summed E-state index contributed by atoms with van der Waals surface area (Å²) in [6.45, 7) is 0. The second-order valence-electron chi connectivity index (χ2n) is 5.07. The average molecular weight is 354 g/mol.